The van der Waals surface area contributed by atoms with Crippen LogP contribution in [0.25, 0.3) is 0 Å². The quantitative estimate of drug-likeness (QED) is 0.887. The van der Waals surface area contributed by atoms with Crippen molar-refractivity contribution in [3.8, 4) is 0 Å². The Bertz CT molecular complexity index is 378. The van der Waals surface area contributed by atoms with Crippen LogP contribution in [0.1, 0.15) is 37.2 Å². The fourth-order valence-electron chi connectivity index (χ4n) is 2.92. The summed E-state index contributed by atoms with van der Waals surface area (Å²) in [6.07, 6.45) is 4.81. The highest BCUT2D eigenvalue weighted by atomic mass is 79.9. The van der Waals surface area contributed by atoms with Gasteiger partial charge in [0, 0.05) is 4.47 Å². The molecule has 3 heteroatoms. The minimum atomic E-state index is -0.0544. The lowest BCUT2D eigenvalue weighted by molar-refractivity contribution is 0.295. The highest BCUT2D eigenvalue weighted by molar-refractivity contribution is 9.10. The lowest BCUT2D eigenvalue weighted by Crippen LogP contribution is -2.28. The zero-order valence-corrected chi connectivity index (χ0v) is 11.8. The fraction of sp³-hybridized carbons (Fsp3) is 0.571. The first kappa shape index (κ1) is 13.0. The van der Waals surface area contributed by atoms with E-state index in [0.29, 0.717) is 11.8 Å². The number of hydrogen-bond acceptors (Lipinski definition) is 1. The SMILES string of the molecule is CNCC1CCCCC1c1cc(Br)ccc1F. The Morgan fingerprint density at radius 2 is 2.12 bits per heavy atom. The van der Waals surface area contributed by atoms with Crippen LogP contribution >= 0.6 is 15.9 Å². The highest BCUT2D eigenvalue weighted by Crippen LogP contribution is 2.39. The summed E-state index contributed by atoms with van der Waals surface area (Å²) in [5, 5.41) is 3.24. The topological polar surface area (TPSA) is 12.0 Å². The summed E-state index contributed by atoms with van der Waals surface area (Å²) in [5.41, 5.74) is 0.888. The number of hydrogen-bond donors (Lipinski definition) is 1. The second-order valence-electron chi connectivity index (χ2n) is 4.87. The molecule has 2 atom stereocenters. The first-order valence-corrected chi connectivity index (χ1v) is 7.11. The van der Waals surface area contributed by atoms with Crippen molar-refractivity contribution in [2.24, 2.45) is 5.92 Å². The van der Waals surface area contributed by atoms with Crippen LogP contribution in [0.15, 0.2) is 22.7 Å². The van der Waals surface area contributed by atoms with Crippen molar-refractivity contribution >= 4 is 15.9 Å². The molecule has 0 spiro atoms. The van der Waals surface area contributed by atoms with Crippen molar-refractivity contribution in [2.75, 3.05) is 13.6 Å². The Balaban J connectivity index is 2.25. The maximum absolute atomic E-state index is 13.9. The van der Waals surface area contributed by atoms with E-state index in [0.717, 1.165) is 23.0 Å². The van der Waals surface area contributed by atoms with Gasteiger partial charge in [-0.25, -0.2) is 4.39 Å². The predicted octanol–water partition coefficient (Wildman–Crippen LogP) is 4.08. The van der Waals surface area contributed by atoms with Gasteiger partial charge in [0.2, 0.25) is 0 Å². The molecule has 0 aliphatic heterocycles. The average Bonchev–Trinajstić information content (AvgIpc) is 2.34. The molecule has 1 aliphatic carbocycles. The van der Waals surface area contributed by atoms with E-state index in [-0.39, 0.29) is 5.82 Å². The van der Waals surface area contributed by atoms with E-state index in [1.54, 1.807) is 12.1 Å². The van der Waals surface area contributed by atoms with Crippen molar-refractivity contribution in [2.45, 2.75) is 31.6 Å². The second-order valence-corrected chi connectivity index (χ2v) is 5.79. The van der Waals surface area contributed by atoms with Crippen LogP contribution in [0.4, 0.5) is 4.39 Å². The van der Waals surface area contributed by atoms with Crippen molar-refractivity contribution in [1.82, 2.24) is 5.32 Å². The molecule has 0 bridgehead atoms. The number of nitrogens with one attached hydrogen (secondary N) is 1. The molecule has 1 nitrogen and oxygen atoms in total. The van der Waals surface area contributed by atoms with Gasteiger partial charge in [0.25, 0.3) is 0 Å². The third-order valence-electron chi connectivity index (χ3n) is 3.73. The maximum Gasteiger partial charge on any atom is 0.126 e. The largest absolute Gasteiger partial charge is 0.319 e. The van der Waals surface area contributed by atoms with Gasteiger partial charge < -0.3 is 5.32 Å². The first-order valence-electron chi connectivity index (χ1n) is 6.32. The third-order valence-corrected chi connectivity index (χ3v) is 4.23. The van der Waals surface area contributed by atoms with Gasteiger partial charge in [-0.3, -0.25) is 0 Å². The maximum atomic E-state index is 13.9. The molecule has 1 aromatic rings. The number of halogens is 2. The van der Waals surface area contributed by atoms with Crippen LogP contribution < -0.4 is 5.32 Å². The second kappa shape index (κ2) is 5.96. The summed E-state index contributed by atoms with van der Waals surface area (Å²) < 4.78 is 14.9. The molecular weight excluding hydrogens is 281 g/mol. The van der Waals surface area contributed by atoms with E-state index in [9.17, 15) is 4.39 Å². The van der Waals surface area contributed by atoms with Gasteiger partial charge >= 0.3 is 0 Å². The summed E-state index contributed by atoms with van der Waals surface area (Å²) in [4.78, 5) is 0. The Hall–Kier alpha value is -0.410. The van der Waals surface area contributed by atoms with Gasteiger partial charge in [0.05, 0.1) is 0 Å². The van der Waals surface area contributed by atoms with Crippen LogP contribution in [0.5, 0.6) is 0 Å². The van der Waals surface area contributed by atoms with Gasteiger partial charge in [-0.2, -0.15) is 0 Å². The van der Waals surface area contributed by atoms with E-state index >= 15 is 0 Å². The van der Waals surface area contributed by atoms with Gasteiger partial charge in [-0.15, -0.1) is 0 Å². The molecule has 0 saturated heterocycles. The van der Waals surface area contributed by atoms with E-state index in [2.05, 4.69) is 21.2 Å². The van der Waals surface area contributed by atoms with E-state index in [1.807, 2.05) is 13.1 Å². The van der Waals surface area contributed by atoms with E-state index in [1.165, 1.54) is 19.3 Å². The molecule has 2 unspecified atom stereocenters. The normalized spacial score (nSPS) is 24.9. The summed E-state index contributed by atoms with van der Waals surface area (Å²) >= 11 is 3.44. The molecule has 0 radical (unpaired) electrons. The molecule has 0 amide bonds. The van der Waals surface area contributed by atoms with Gasteiger partial charge in [0.1, 0.15) is 5.82 Å². The van der Waals surface area contributed by atoms with Crippen molar-refractivity contribution in [3.63, 3.8) is 0 Å². The van der Waals surface area contributed by atoms with Crippen molar-refractivity contribution in [1.29, 1.82) is 0 Å². The predicted molar refractivity (Wildman–Crippen MR) is 72.7 cm³/mol. The zero-order valence-electron chi connectivity index (χ0n) is 10.2. The molecule has 1 aliphatic rings. The number of benzene rings is 1. The van der Waals surface area contributed by atoms with E-state index < -0.39 is 0 Å². The summed E-state index contributed by atoms with van der Waals surface area (Å²) in [5.74, 6) is 0.882. The average molecular weight is 300 g/mol. The Labute approximate surface area is 111 Å². The van der Waals surface area contributed by atoms with Crippen LogP contribution in [-0.4, -0.2) is 13.6 Å². The Morgan fingerprint density at radius 1 is 1.35 bits per heavy atom. The highest BCUT2D eigenvalue weighted by Gasteiger charge is 2.27. The van der Waals surface area contributed by atoms with Gasteiger partial charge in [0.15, 0.2) is 0 Å². The minimum Gasteiger partial charge on any atom is -0.319 e. The molecule has 2 rings (SSSR count). The molecule has 1 N–H and O–H groups in total. The van der Waals surface area contributed by atoms with Crippen LogP contribution in [0, 0.1) is 11.7 Å². The Morgan fingerprint density at radius 3 is 2.88 bits per heavy atom. The standard InChI is InChI=1S/C14H19BrFN/c1-17-9-10-4-2-3-5-12(10)13-8-11(15)6-7-14(13)16/h6-8,10,12,17H,2-5,9H2,1H3. The Kier molecular flexibility index (Phi) is 4.57. The summed E-state index contributed by atoms with van der Waals surface area (Å²) in [7, 11) is 1.98. The molecule has 94 valence electrons. The third kappa shape index (κ3) is 3.08. The van der Waals surface area contributed by atoms with Crippen LogP contribution in [0.2, 0.25) is 0 Å². The minimum absolute atomic E-state index is 0.0544. The molecule has 0 aromatic heterocycles. The van der Waals surface area contributed by atoms with E-state index in [4.69, 9.17) is 0 Å². The molecular formula is C14H19BrFN. The van der Waals surface area contributed by atoms with Gasteiger partial charge in [-0.1, -0.05) is 28.8 Å². The molecule has 1 fully saturated rings. The monoisotopic (exact) mass is 299 g/mol. The first-order chi connectivity index (χ1) is 8.22. The smallest absolute Gasteiger partial charge is 0.126 e. The van der Waals surface area contributed by atoms with Crippen LogP contribution in [-0.2, 0) is 0 Å². The zero-order chi connectivity index (χ0) is 12.3. The summed E-state index contributed by atoms with van der Waals surface area (Å²) in [6, 6.07) is 5.30. The fourth-order valence-corrected chi connectivity index (χ4v) is 3.30. The van der Waals surface area contributed by atoms with Crippen LogP contribution in [0.3, 0.4) is 0 Å². The molecule has 1 aromatic carbocycles. The lowest BCUT2D eigenvalue weighted by Gasteiger charge is -2.32. The summed E-state index contributed by atoms with van der Waals surface area (Å²) in [6.45, 7) is 0.983. The molecule has 1 saturated carbocycles. The van der Waals surface area contributed by atoms with Crippen molar-refractivity contribution in [3.05, 3.63) is 34.1 Å². The lowest BCUT2D eigenvalue weighted by atomic mass is 9.75. The molecule has 0 heterocycles. The van der Waals surface area contributed by atoms with Crippen molar-refractivity contribution < 1.29 is 4.39 Å². The number of rotatable bonds is 3. The van der Waals surface area contributed by atoms with Gasteiger partial charge in [-0.05, 0) is 62.0 Å². The molecule has 17 heavy (non-hydrogen) atoms.